The van der Waals surface area contributed by atoms with Crippen molar-refractivity contribution in [2.45, 2.75) is 25.4 Å². The Morgan fingerprint density at radius 2 is 2.10 bits per heavy atom. The molecule has 0 bridgehead atoms. The monoisotopic (exact) mass is 308 g/mol. The van der Waals surface area contributed by atoms with E-state index in [1.165, 1.54) is 23.5 Å². The Morgan fingerprint density at radius 3 is 2.67 bits per heavy atom. The Labute approximate surface area is 125 Å². The molecular formula is C15H14F2N2OS. The molecule has 1 fully saturated rings. The molecule has 1 aromatic heterocycles. The van der Waals surface area contributed by atoms with Crippen molar-refractivity contribution in [2.75, 3.05) is 5.73 Å². The molecule has 0 atom stereocenters. The summed E-state index contributed by atoms with van der Waals surface area (Å²) in [6, 6.07) is 5.22. The molecule has 1 aliphatic rings. The number of benzene rings is 1. The van der Waals surface area contributed by atoms with Crippen molar-refractivity contribution in [1.29, 1.82) is 0 Å². The third kappa shape index (κ3) is 2.90. The summed E-state index contributed by atoms with van der Waals surface area (Å²) in [5, 5.41) is 1.76. The molecule has 1 amide bonds. The summed E-state index contributed by atoms with van der Waals surface area (Å²) in [5.74, 6) is -1.44. The fraction of sp³-hybridized carbons (Fsp3) is 0.267. The Bertz CT molecular complexity index is 682. The van der Waals surface area contributed by atoms with Crippen molar-refractivity contribution in [2.24, 2.45) is 0 Å². The first-order valence-corrected chi connectivity index (χ1v) is 7.52. The minimum absolute atomic E-state index is 0.114. The lowest BCUT2D eigenvalue weighted by Gasteiger charge is -2.22. The number of thiophene rings is 1. The van der Waals surface area contributed by atoms with E-state index in [0.29, 0.717) is 16.1 Å². The van der Waals surface area contributed by atoms with E-state index in [9.17, 15) is 13.6 Å². The quantitative estimate of drug-likeness (QED) is 0.941. The van der Waals surface area contributed by atoms with Crippen LogP contribution < -0.4 is 5.73 Å². The van der Waals surface area contributed by atoms with E-state index in [-0.39, 0.29) is 18.5 Å². The van der Waals surface area contributed by atoms with Gasteiger partial charge in [-0.15, -0.1) is 11.3 Å². The number of rotatable bonds is 4. The lowest BCUT2D eigenvalue weighted by molar-refractivity contribution is 0.0734. The summed E-state index contributed by atoms with van der Waals surface area (Å²) in [6.07, 6.45) is 1.81. The molecule has 0 saturated heterocycles. The molecule has 3 nitrogen and oxygen atoms in total. The highest BCUT2D eigenvalue weighted by Crippen LogP contribution is 2.32. The van der Waals surface area contributed by atoms with Gasteiger partial charge in [0.05, 0.1) is 5.69 Å². The summed E-state index contributed by atoms with van der Waals surface area (Å²) in [7, 11) is 0. The average Bonchev–Trinajstić information content (AvgIpc) is 3.19. The van der Waals surface area contributed by atoms with Crippen LogP contribution in [-0.2, 0) is 6.54 Å². The summed E-state index contributed by atoms with van der Waals surface area (Å²) < 4.78 is 26.7. The molecular weight excluding hydrogens is 294 g/mol. The first kappa shape index (κ1) is 14.0. The van der Waals surface area contributed by atoms with E-state index in [0.717, 1.165) is 18.9 Å². The van der Waals surface area contributed by atoms with Gasteiger partial charge in [-0.25, -0.2) is 8.78 Å². The number of halogens is 2. The van der Waals surface area contributed by atoms with Gasteiger partial charge in [0.2, 0.25) is 0 Å². The molecule has 0 radical (unpaired) electrons. The third-order valence-electron chi connectivity index (χ3n) is 3.49. The van der Waals surface area contributed by atoms with E-state index in [1.54, 1.807) is 16.3 Å². The van der Waals surface area contributed by atoms with Gasteiger partial charge in [0, 0.05) is 24.2 Å². The van der Waals surface area contributed by atoms with Crippen LogP contribution in [0.15, 0.2) is 29.6 Å². The van der Waals surface area contributed by atoms with Crippen molar-refractivity contribution >= 4 is 22.9 Å². The van der Waals surface area contributed by atoms with Crippen LogP contribution in [0.1, 0.15) is 28.1 Å². The topological polar surface area (TPSA) is 46.3 Å². The highest BCUT2D eigenvalue weighted by atomic mass is 32.1. The van der Waals surface area contributed by atoms with E-state index < -0.39 is 11.6 Å². The van der Waals surface area contributed by atoms with E-state index in [4.69, 9.17) is 5.73 Å². The van der Waals surface area contributed by atoms with Gasteiger partial charge < -0.3 is 10.6 Å². The predicted octanol–water partition coefficient (Wildman–Crippen LogP) is 3.41. The fourth-order valence-electron chi connectivity index (χ4n) is 2.21. The number of carbonyl (C=O) groups excluding carboxylic acids is 1. The lowest BCUT2D eigenvalue weighted by atomic mass is 10.2. The molecule has 1 heterocycles. The van der Waals surface area contributed by atoms with Gasteiger partial charge in [0.1, 0.15) is 16.5 Å². The molecule has 6 heteroatoms. The largest absolute Gasteiger partial charge is 0.397 e. The summed E-state index contributed by atoms with van der Waals surface area (Å²) >= 11 is 1.28. The number of carbonyl (C=O) groups is 1. The molecule has 1 aromatic carbocycles. The molecule has 2 aromatic rings. The van der Waals surface area contributed by atoms with Gasteiger partial charge in [0.25, 0.3) is 5.91 Å². The van der Waals surface area contributed by atoms with Crippen molar-refractivity contribution < 1.29 is 13.6 Å². The molecule has 21 heavy (non-hydrogen) atoms. The number of anilines is 1. The minimum atomic E-state index is -0.632. The number of hydrogen-bond acceptors (Lipinski definition) is 3. The van der Waals surface area contributed by atoms with Crippen LogP contribution in [0.5, 0.6) is 0 Å². The number of nitrogen functional groups attached to an aromatic ring is 1. The minimum Gasteiger partial charge on any atom is -0.397 e. The average molecular weight is 308 g/mol. The summed E-state index contributed by atoms with van der Waals surface area (Å²) in [4.78, 5) is 14.7. The Morgan fingerprint density at radius 1 is 1.33 bits per heavy atom. The summed E-state index contributed by atoms with van der Waals surface area (Å²) in [5.41, 5.74) is 6.53. The van der Waals surface area contributed by atoms with Crippen LogP contribution in [0.2, 0.25) is 0 Å². The van der Waals surface area contributed by atoms with Gasteiger partial charge in [-0.1, -0.05) is 6.07 Å². The maximum Gasteiger partial charge on any atom is 0.266 e. The first-order valence-electron chi connectivity index (χ1n) is 6.64. The second-order valence-electron chi connectivity index (χ2n) is 5.11. The molecule has 1 saturated carbocycles. The zero-order valence-corrected chi connectivity index (χ0v) is 12.0. The van der Waals surface area contributed by atoms with Crippen LogP contribution in [0.3, 0.4) is 0 Å². The number of nitrogens with zero attached hydrogens (tertiary/aromatic N) is 1. The SMILES string of the molecule is Nc1ccsc1C(=O)N(Cc1ccc(F)cc1F)C1CC1. The molecule has 0 aliphatic heterocycles. The zero-order valence-electron chi connectivity index (χ0n) is 11.2. The second kappa shape index (κ2) is 5.44. The number of hydrogen-bond donors (Lipinski definition) is 1. The van der Waals surface area contributed by atoms with E-state index in [1.807, 2.05) is 0 Å². The van der Waals surface area contributed by atoms with Gasteiger partial charge in [-0.3, -0.25) is 4.79 Å². The molecule has 2 N–H and O–H groups in total. The smallest absolute Gasteiger partial charge is 0.266 e. The van der Waals surface area contributed by atoms with Gasteiger partial charge in [-0.2, -0.15) is 0 Å². The van der Waals surface area contributed by atoms with E-state index >= 15 is 0 Å². The third-order valence-corrected chi connectivity index (χ3v) is 4.41. The molecule has 0 unspecified atom stereocenters. The van der Waals surface area contributed by atoms with Crippen LogP contribution in [0.4, 0.5) is 14.5 Å². The highest BCUT2D eigenvalue weighted by Gasteiger charge is 2.34. The maximum atomic E-state index is 13.8. The maximum absolute atomic E-state index is 13.8. The summed E-state index contributed by atoms with van der Waals surface area (Å²) in [6.45, 7) is 0.132. The number of amides is 1. The second-order valence-corrected chi connectivity index (χ2v) is 6.02. The molecule has 1 aliphatic carbocycles. The van der Waals surface area contributed by atoms with Crippen molar-refractivity contribution in [3.8, 4) is 0 Å². The van der Waals surface area contributed by atoms with Crippen LogP contribution in [0.25, 0.3) is 0 Å². The normalized spacial score (nSPS) is 14.2. The van der Waals surface area contributed by atoms with Gasteiger partial charge >= 0.3 is 0 Å². The van der Waals surface area contributed by atoms with E-state index in [2.05, 4.69) is 0 Å². The van der Waals surface area contributed by atoms with Crippen molar-refractivity contribution in [3.05, 3.63) is 51.7 Å². The number of nitrogens with two attached hydrogens (primary N) is 1. The van der Waals surface area contributed by atoms with Gasteiger partial charge in [0.15, 0.2) is 0 Å². The highest BCUT2D eigenvalue weighted by molar-refractivity contribution is 7.12. The Hall–Kier alpha value is -1.95. The fourth-order valence-corrected chi connectivity index (χ4v) is 2.98. The van der Waals surface area contributed by atoms with Crippen molar-refractivity contribution in [1.82, 2.24) is 4.90 Å². The predicted molar refractivity (Wildman–Crippen MR) is 78.0 cm³/mol. The molecule has 110 valence electrons. The van der Waals surface area contributed by atoms with Crippen LogP contribution in [-0.4, -0.2) is 16.8 Å². The Balaban J connectivity index is 1.85. The Kier molecular flexibility index (Phi) is 3.63. The van der Waals surface area contributed by atoms with Gasteiger partial charge in [-0.05, 0) is 30.4 Å². The van der Waals surface area contributed by atoms with Crippen LogP contribution >= 0.6 is 11.3 Å². The van der Waals surface area contributed by atoms with Crippen LogP contribution in [0, 0.1) is 11.6 Å². The molecule has 0 spiro atoms. The first-order chi connectivity index (χ1) is 10.1. The standard InChI is InChI=1S/C15H14F2N2OS/c16-10-2-1-9(12(17)7-10)8-19(11-3-4-11)15(20)14-13(18)5-6-21-14/h1-2,5-7,11H,3-4,8,18H2. The van der Waals surface area contributed by atoms with Crippen molar-refractivity contribution in [3.63, 3.8) is 0 Å². The lowest BCUT2D eigenvalue weighted by Crippen LogP contribution is -2.32. The molecule has 3 rings (SSSR count). The zero-order chi connectivity index (χ0) is 15.0.